The van der Waals surface area contributed by atoms with Gasteiger partial charge in [-0.25, -0.2) is 4.98 Å². The van der Waals surface area contributed by atoms with Gasteiger partial charge in [-0.05, 0) is 26.8 Å². The second-order valence-electron chi connectivity index (χ2n) is 4.57. The van der Waals surface area contributed by atoms with E-state index in [0.717, 1.165) is 6.54 Å². The van der Waals surface area contributed by atoms with Crippen LogP contribution in [0.1, 0.15) is 31.5 Å². The van der Waals surface area contributed by atoms with Gasteiger partial charge in [-0.2, -0.15) is 0 Å². The normalized spacial score (nSPS) is 18.4. The number of imidazole rings is 1. The molecule has 4 heteroatoms. The van der Waals surface area contributed by atoms with Crippen LogP contribution in [-0.4, -0.2) is 39.3 Å². The van der Waals surface area contributed by atoms with E-state index < -0.39 is 0 Å². The predicted molar refractivity (Wildman–Crippen MR) is 58.5 cm³/mol. The minimum absolute atomic E-state index is 0.271. The molecule has 1 fully saturated rings. The van der Waals surface area contributed by atoms with E-state index in [2.05, 4.69) is 14.5 Å². The first kappa shape index (κ1) is 10.6. The van der Waals surface area contributed by atoms with E-state index in [0.29, 0.717) is 12.6 Å². The number of rotatable bonds is 5. The van der Waals surface area contributed by atoms with Crippen molar-refractivity contribution in [1.82, 2.24) is 14.5 Å². The first-order valence-electron chi connectivity index (χ1n) is 5.54. The Hall–Kier alpha value is -0.870. The Kier molecular flexibility index (Phi) is 3.07. The zero-order valence-corrected chi connectivity index (χ0v) is 9.43. The molecule has 4 nitrogen and oxygen atoms in total. The fourth-order valence-electron chi connectivity index (χ4n) is 1.93. The minimum atomic E-state index is -0.271. The van der Waals surface area contributed by atoms with E-state index in [1.54, 1.807) is 0 Å². The van der Waals surface area contributed by atoms with Crippen LogP contribution < -0.4 is 0 Å². The molecule has 0 aromatic carbocycles. The van der Waals surface area contributed by atoms with Crippen LogP contribution in [0.15, 0.2) is 12.5 Å². The van der Waals surface area contributed by atoms with E-state index in [-0.39, 0.29) is 6.10 Å². The van der Waals surface area contributed by atoms with Gasteiger partial charge < -0.3 is 9.67 Å². The molecule has 0 amide bonds. The molecule has 1 unspecified atom stereocenters. The van der Waals surface area contributed by atoms with Crippen molar-refractivity contribution in [2.75, 3.05) is 13.6 Å². The third-order valence-corrected chi connectivity index (χ3v) is 2.69. The molecule has 1 heterocycles. The van der Waals surface area contributed by atoms with Crippen molar-refractivity contribution in [2.45, 2.75) is 38.5 Å². The van der Waals surface area contributed by atoms with Crippen LogP contribution in [0.4, 0.5) is 0 Å². The lowest BCUT2D eigenvalue weighted by Crippen LogP contribution is -2.27. The van der Waals surface area contributed by atoms with Gasteiger partial charge in [0.25, 0.3) is 0 Å². The van der Waals surface area contributed by atoms with Crippen LogP contribution in [0.2, 0.25) is 0 Å². The summed E-state index contributed by atoms with van der Waals surface area (Å²) >= 11 is 0. The largest absolute Gasteiger partial charge is 0.392 e. The van der Waals surface area contributed by atoms with Crippen LogP contribution in [0.5, 0.6) is 0 Å². The highest BCUT2D eigenvalue weighted by Gasteiger charge is 2.25. The summed E-state index contributed by atoms with van der Waals surface area (Å²) < 4.78 is 2.26. The Morgan fingerprint density at radius 1 is 1.67 bits per heavy atom. The van der Waals surface area contributed by atoms with Crippen molar-refractivity contribution in [1.29, 1.82) is 0 Å². The fourth-order valence-corrected chi connectivity index (χ4v) is 1.93. The molecule has 0 radical (unpaired) electrons. The van der Waals surface area contributed by atoms with E-state index in [4.69, 9.17) is 0 Å². The molecule has 1 aromatic heterocycles. The van der Waals surface area contributed by atoms with Crippen molar-refractivity contribution in [3.63, 3.8) is 0 Å². The number of aromatic nitrogens is 2. The molecule has 84 valence electrons. The standard InChI is InChI=1S/C11H19N3O/c1-9(15)6-13(2)7-11-5-12-8-14(11)10-3-4-10/h5,8-10,15H,3-4,6-7H2,1-2H3. The van der Waals surface area contributed by atoms with E-state index in [1.807, 2.05) is 26.5 Å². The molecule has 0 bridgehead atoms. The third kappa shape index (κ3) is 2.79. The molecular weight excluding hydrogens is 190 g/mol. The molecule has 1 atom stereocenters. The summed E-state index contributed by atoms with van der Waals surface area (Å²) in [6, 6.07) is 0.683. The first-order chi connectivity index (χ1) is 7.16. The van der Waals surface area contributed by atoms with Gasteiger partial charge in [0.15, 0.2) is 0 Å². The Morgan fingerprint density at radius 2 is 2.40 bits per heavy atom. The van der Waals surface area contributed by atoms with Crippen molar-refractivity contribution < 1.29 is 5.11 Å². The quantitative estimate of drug-likeness (QED) is 0.787. The van der Waals surface area contributed by atoms with Crippen molar-refractivity contribution in [2.24, 2.45) is 0 Å². The summed E-state index contributed by atoms with van der Waals surface area (Å²) in [4.78, 5) is 6.31. The molecule has 1 aliphatic rings. The molecule has 0 saturated heterocycles. The zero-order valence-electron chi connectivity index (χ0n) is 9.43. The number of likely N-dealkylation sites (N-methyl/N-ethyl adjacent to an activating group) is 1. The van der Waals surface area contributed by atoms with Crippen LogP contribution >= 0.6 is 0 Å². The molecule has 1 saturated carbocycles. The highest BCUT2D eigenvalue weighted by molar-refractivity contribution is 5.03. The van der Waals surface area contributed by atoms with Gasteiger partial charge in [-0.1, -0.05) is 0 Å². The summed E-state index contributed by atoms with van der Waals surface area (Å²) in [5.41, 5.74) is 1.25. The summed E-state index contributed by atoms with van der Waals surface area (Å²) in [5, 5.41) is 9.28. The minimum Gasteiger partial charge on any atom is -0.392 e. The maximum atomic E-state index is 9.28. The van der Waals surface area contributed by atoms with Gasteiger partial charge in [-0.3, -0.25) is 4.90 Å². The lowest BCUT2D eigenvalue weighted by Gasteiger charge is -2.18. The van der Waals surface area contributed by atoms with Crippen LogP contribution in [0.3, 0.4) is 0 Å². The van der Waals surface area contributed by atoms with Gasteiger partial charge in [0, 0.05) is 25.3 Å². The molecule has 1 aliphatic carbocycles. The number of nitrogens with zero attached hydrogens (tertiary/aromatic N) is 3. The van der Waals surface area contributed by atoms with Crippen LogP contribution in [-0.2, 0) is 6.54 Å². The van der Waals surface area contributed by atoms with Gasteiger partial charge in [0.1, 0.15) is 0 Å². The van der Waals surface area contributed by atoms with Crippen molar-refractivity contribution in [3.05, 3.63) is 18.2 Å². The first-order valence-corrected chi connectivity index (χ1v) is 5.54. The van der Waals surface area contributed by atoms with Crippen LogP contribution in [0, 0.1) is 0 Å². The third-order valence-electron chi connectivity index (χ3n) is 2.69. The smallest absolute Gasteiger partial charge is 0.0951 e. The Bertz CT molecular complexity index is 317. The second kappa shape index (κ2) is 4.33. The summed E-state index contributed by atoms with van der Waals surface area (Å²) in [6.45, 7) is 3.38. The van der Waals surface area contributed by atoms with Crippen molar-refractivity contribution >= 4 is 0 Å². The molecule has 1 aromatic rings. The number of aliphatic hydroxyl groups is 1. The van der Waals surface area contributed by atoms with E-state index in [1.165, 1.54) is 18.5 Å². The lowest BCUT2D eigenvalue weighted by atomic mass is 10.3. The topological polar surface area (TPSA) is 41.3 Å². The number of aliphatic hydroxyl groups excluding tert-OH is 1. The molecule has 0 aliphatic heterocycles. The monoisotopic (exact) mass is 209 g/mol. The Balaban J connectivity index is 1.94. The number of hydrogen-bond donors (Lipinski definition) is 1. The van der Waals surface area contributed by atoms with E-state index in [9.17, 15) is 5.11 Å². The molecule has 1 N–H and O–H groups in total. The van der Waals surface area contributed by atoms with Crippen LogP contribution in [0.25, 0.3) is 0 Å². The average Bonchev–Trinajstić information content (AvgIpc) is 2.87. The maximum absolute atomic E-state index is 9.28. The predicted octanol–water partition coefficient (Wildman–Crippen LogP) is 1.03. The van der Waals surface area contributed by atoms with E-state index >= 15 is 0 Å². The zero-order chi connectivity index (χ0) is 10.8. The molecule has 15 heavy (non-hydrogen) atoms. The Labute approximate surface area is 90.5 Å². The fraction of sp³-hybridized carbons (Fsp3) is 0.727. The highest BCUT2D eigenvalue weighted by Crippen LogP contribution is 2.35. The second-order valence-corrected chi connectivity index (χ2v) is 4.57. The summed E-state index contributed by atoms with van der Waals surface area (Å²) in [5.74, 6) is 0. The van der Waals surface area contributed by atoms with Gasteiger partial charge in [-0.15, -0.1) is 0 Å². The summed E-state index contributed by atoms with van der Waals surface area (Å²) in [7, 11) is 2.02. The van der Waals surface area contributed by atoms with Gasteiger partial charge >= 0.3 is 0 Å². The molecule has 0 spiro atoms. The van der Waals surface area contributed by atoms with Gasteiger partial charge in [0.05, 0.1) is 18.1 Å². The Morgan fingerprint density at radius 3 is 3.00 bits per heavy atom. The SMILES string of the molecule is CC(O)CN(C)Cc1cncn1C1CC1. The molecular formula is C11H19N3O. The number of hydrogen-bond acceptors (Lipinski definition) is 3. The lowest BCUT2D eigenvalue weighted by molar-refractivity contribution is 0.137. The average molecular weight is 209 g/mol. The summed E-state index contributed by atoms with van der Waals surface area (Å²) in [6.07, 6.45) is 6.14. The van der Waals surface area contributed by atoms with Gasteiger partial charge in [0.2, 0.25) is 0 Å². The van der Waals surface area contributed by atoms with Crippen molar-refractivity contribution in [3.8, 4) is 0 Å². The maximum Gasteiger partial charge on any atom is 0.0951 e. The highest BCUT2D eigenvalue weighted by atomic mass is 16.3. The molecule has 2 rings (SSSR count).